The molecule has 0 aliphatic heterocycles. The predicted molar refractivity (Wildman–Crippen MR) is 56.8 cm³/mol. The van der Waals surface area contributed by atoms with Crippen molar-refractivity contribution in [2.75, 3.05) is 7.05 Å². The van der Waals surface area contributed by atoms with Gasteiger partial charge in [-0.25, -0.2) is 4.79 Å². The van der Waals surface area contributed by atoms with Crippen molar-refractivity contribution >= 4 is 5.96 Å². The van der Waals surface area contributed by atoms with E-state index in [0.29, 0.717) is 0 Å². The van der Waals surface area contributed by atoms with Crippen LogP contribution in [-0.2, 0) is 6.54 Å². The highest BCUT2D eigenvalue weighted by atomic mass is 16.2. The molecule has 8 heteroatoms. The first kappa shape index (κ1) is 11.5. The van der Waals surface area contributed by atoms with Crippen LogP contribution in [0.15, 0.2) is 14.6 Å². The number of nitrogens with one attached hydrogen (secondary N) is 3. The lowest BCUT2D eigenvalue weighted by atomic mass is 10.2. The third-order valence-corrected chi connectivity index (χ3v) is 1.82. The quantitative estimate of drug-likeness (QED) is 0.337. The molecule has 1 heterocycles. The fourth-order valence-corrected chi connectivity index (χ4v) is 1.04. The van der Waals surface area contributed by atoms with Gasteiger partial charge in [0, 0.05) is 7.05 Å². The molecular formula is C8H10N6O2. The van der Waals surface area contributed by atoms with Gasteiger partial charge in [-0.3, -0.25) is 14.8 Å². The van der Waals surface area contributed by atoms with Crippen LogP contribution in [0.4, 0.5) is 0 Å². The van der Waals surface area contributed by atoms with Gasteiger partial charge in [-0.2, -0.15) is 5.26 Å². The normalized spacial score (nSPS) is 10.9. The highest BCUT2D eigenvalue weighted by Crippen LogP contribution is 1.93. The number of rotatable bonds is 2. The van der Waals surface area contributed by atoms with Crippen LogP contribution in [0.5, 0.6) is 0 Å². The summed E-state index contributed by atoms with van der Waals surface area (Å²) >= 11 is 0. The zero-order valence-electron chi connectivity index (χ0n) is 8.50. The largest absolute Gasteiger partial charge is 0.370 e. The second kappa shape index (κ2) is 4.79. The van der Waals surface area contributed by atoms with E-state index in [-0.39, 0.29) is 23.8 Å². The first-order valence-corrected chi connectivity index (χ1v) is 4.30. The Kier molecular flexibility index (Phi) is 3.45. The van der Waals surface area contributed by atoms with Gasteiger partial charge in [-0.1, -0.05) is 0 Å². The summed E-state index contributed by atoms with van der Waals surface area (Å²) < 4.78 is 0. The van der Waals surface area contributed by atoms with E-state index in [1.54, 1.807) is 6.07 Å². The van der Waals surface area contributed by atoms with Crippen molar-refractivity contribution in [1.29, 1.82) is 5.26 Å². The predicted octanol–water partition coefficient (Wildman–Crippen LogP) is -2.03. The van der Waals surface area contributed by atoms with Crippen LogP contribution in [-0.4, -0.2) is 23.0 Å². The summed E-state index contributed by atoms with van der Waals surface area (Å²) in [5.74, 6) is 0.144. The minimum Gasteiger partial charge on any atom is -0.370 e. The van der Waals surface area contributed by atoms with Crippen molar-refractivity contribution in [3.8, 4) is 6.07 Å². The molecule has 0 amide bonds. The monoisotopic (exact) mass is 222 g/mol. The van der Waals surface area contributed by atoms with Gasteiger partial charge >= 0.3 is 5.69 Å². The first-order chi connectivity index (χ1) is 7.58. The minimum atomic E-state index is -0.727. The third-order valence-electron chi connectivity index (χ3n) is 1.82. The van der Waals surface area contributed by atoms with Crippen LogP contribution in [0.25, 0.3) is 0 Å². The van der Waals surface area contributed by atoms with Crippen LogP contribution in [0.2, 0.25) is 0 Å². The zero-order chi connectivity index (χ0) is 12.1. The number of H-pyrrole nitrogens is 2. The van der Waals surface area contributed by atoms with Crippen molar-refractivity contribution in [3.05, 3.63) is 32.1 Å². The van der Waals surface area contributed by atoms with E-state index in [9.17, 15) is 9.59 Å². The smallest absolute Gasteiger partial charge is 0.326 e. The summed E-state index contributed by atoms with van der Waals surface area (Å²) in [6.07, 6.45) is 0. The van der Waals surface area contributed by atoms with Crippen LogP contribution >= 0.6 is 0 Å². The zero-order valence-corrected chi connectivity index (χ0v) is 8.50. The Bertz CT molecular complexity index is 561. The van der Waals surface area contributed by atoms with E-state index < -0.39 is 11.2 Å². The Hall–Kier alpha value is -2.56. The molecule has 0 aromatic carbocycles. The Morgan fingerprint density at radius 2 is 2.25 bits per heavy atom. The van der Waals surface area contributed by atoms with Crippen LogP contribution in [0.1, 0.15) is 11.3 Å². The maximum absolute atomic E-state index is 11.2. The van der Waals surface area contributed by atoms with E-state index >= 15 is 0 Å². The molecule has 0 atom stereocenters. The Morgan fingerprint density at radius 1 is 1.56 bits per heavy atom. The lowest BCUT2D eigenvalue weighted by molar-refractivity contribution is 0.827. The highest BCUT2D eigenvalue weighted by Gasteiger charge is 2.08. The van der Waals surface area contributed by atoms with Crippen molar-refractivity contribution in [2.24, 2.45) is 10.7 Å². The second-order valence-electron chi connectivity index (χ2n) is 2.84. The molecule has 0 bridgehead atoms. The average Bonchev–Trinajstić information content (AvgIpc) is 2.25. The molecule has 8 nitrogen and oxygen atoms in total. The minimum absolute atomic E-state index is 0.0469. The molecule has 0 saturated heterocycles. The SMILES string of the molecule is CN=C(N)NCc1[nH]c(=O)[nH]c(=O)c1C#N. The molecule has 0 radical (unpaired) electrons. The summed E-state index contributed by atoms with van der Waals surface area (Å²) in [5.41, 5.74) is 3.98. The molecule has 0 aliphatic carbocycles. The molecule has 16 heavy (non-hydrogen) atoms. The number of hydrogen-bond acceptors (Lipinski definition) is 4. The van der Waals surface area contributed by atoms with E-state index in [1.165, 1.54) is 7.05 Å². The molecule has 84 valence electrons. The van der Waals surface area contributed by atoms with Gasteiger partial charge in [0.05, 0.1) is 12.2 Å². The molecular weight excluding hydrogens is 212 g/mol. The second-order valence-corrected chi connectivity index (χ2v) is 2.84. The number of aromatic nitrogens is 2. The van der Waals surface area contributed by atoms with Crippen LogP contribution in [0, 0.1) is 11.3 Å². The summed E-state index contributed by atoms with van der Waals surface area (Å²) in [5, 5.41) is 11.4. The first-order valence-electron chi connectivity index (χ1n) is 4.30. The van der Waals surface area contributed by atoms with Crippen LogP contribution in [0.3, 0.4) is 0 Å². The van der Waals surface area contributed by atoms with E-state index in [2.05, 4.69) is 15.3 Å². The molecule has 5 N–H and O–H groups in total. The van der Waals surface area contributed by atoms with Crippen molar-refractivity contribution in [3.63, 3.8) is 0 Å². The lowest BCUT2D eigenvalue weighted by Gasteiger charge is -2.05. The number of nitrogens with two attached hydrogens (primary N) is 1. The fraction of sp³-hybridized carbons (Fsp3) is 0.250. The summed E-state index contributed by atoms with van der Waals surface area (Å²) in [6.45, 7) is 0.0469. The van der Waals surface area contributed by atoms with E-state index in [0.717, 1.165) is 0 Å². The number of nitrogens with zero attached hydrogens (tertiary/aromatic N) is 2. The standard InChI is InChI=1S/C8H10N6O2/c1-11-7(10)12-3-5-4(2-9)6(15)14-8(16)13-5/h3H2,1H3,(H3,10,11,12)(H2,13,14,15,16). The average molecular weight is 222 g/mol. The lowest BCUT2D eigenvalue weighted by Crippen LogP contribution is -2.34. The van der Waals surface area contributed by atoms with Gasteiger partial charge in [0.15, 0.2) is 5.96 Å². The van der Waals surface area contributed by atoms with Crippen molar-refractivity contribution in [2.45, 2.75) is 6.54 Å². The summed E-state index contributed by atoms with van der Waals surface area (Å²) in [7, 11) is 1.48. The molecule has 0 fully saturated rings. The Morgan fingerprint density at radius 3 is 2.81 bits per heavy atom. The Labute approximate surface area is 89.8 Å². The maximum Gasteiger partial charge on any atom is 0.326 e. The third kappa shape index (κ3) is 2.48. The molecule has 1 aromatic heterocycles. The van der Waals surface area contributed by atoms with E-state index in [1.807, 2.05) is 4.98 Å². The van der Waals surface area contributed by atoms with Crippen molar-refractivity contribution in [1.82, 2.24) is 15.3 Å². The topological polar surface area (TPSA) is 140 Å². The maximum atomic E-state index is 11.2. The number of aromatic amines is 2. The Balaban J connectivity index is 3.09. The number of aliphatic imine (C=N–C) groups is 1. The molecule has 0 spiro atoms. The van der Waals surface area contributed by atoms with Gasteiger partial charge < -0.3 is 16.0 Å². The molecule has 0 unspecified atom stereocenters. The van der Waals surface area contributed by atoms with Crippen molar-refractivity contribution < 1.29 is 0 Å². The fourth-order valence-electron chi connectivity index (χ4n) is 1.04. The van der Waals surface area contributed by atoms with Gasteiger partial charge in [0.25, 0.3) is 5.56 Å². The molecule has 0 aliphatic rings. The van der Waals surface area contributed by atoms with Gasteiger partial charge in [0.2, 0.25) is 0 Å². The van der Waals surface area contributed by atoms with Gasteiger partial charge in [0.1, 0.15) is 11.6 Å². The number of guanidine groups is 1. The van der Waals surface area contributed by atoms with Crippen LogP contribution < -0.4 is 22.3 Å². The highest BCUT2D eigenvalue weighted by molar-refractivity contribution is 5.77. The van der Waals surface area contributed by atoms with Gasteiger partial charge in [-0.15, -0.1) is 0 Å². The molecule has 1 rings (SSSR count). The summed E-state index contributed by atoms with van der Waals surface area (Å²) in [6, 6.07) is 1.70. The number of hydrogen-bond donors (Lipinski definition) is 4. The number of nitriles is 1. The molecule has 0 saturated carbocycles. The molecule has 1 aromatic rings. The van der Waals surface area contributed by atoms with Gasteiger partial charge in [-0.05, 0) is 0 Å². The van der Waals surface area contributed by atoms with E-state index in [4.69, 9.17) is 11.0 Å². The summed E-state index contributed by atoms with van der Waals surface area (Å²) in [4.78, 5) is 30.1.